The number of amides is 1. The van der Waals surface area contributed by atoms with Crippen molar-refractivity contribution < 1.29 is 9.32 Å². The average molecular weight is 402 g/mol. The maximum Gasteiger partial charge on any atom is 0.249 e. The highest BCUT2D eigenvalue weighted by atomic mass is 35.5. The third kappa shape index (κ3) is 5.65. The van der Waals surface area contributed by atoms with E-state index in [1.165, 1.54) is 0 Å². The van der Waals surface area contributed by atoms with Crippen LogP contribution in [0.25, 0.3) is 11.4 Å². The number of pyridine rings is 1. The van der Waals surface area contributed by atoms with Gasteiger partial charge in [-0.2, -0.15) is 4.98 Å². The lowest BCUT2D eigenvalue weighted by Gasteiger charge is -2.19. The summed E-state index contributed by atoms with van der Waals surface area (Å²) in [4.78, 5) is 20.8. The number of hydrogen-bond acceptors (Lipinski definition) is 6. The molecule has 144 valence electrons. The number of rotatable bonds is 6. The largest absolute Gasteiger partial charge is 0.344 e. The molecule has 1 aliphatic rings. The Balaban J connectivity index is 0.00000169. The number of halogens is 2. The number of aromatic nitrogens is 3. The second-order valence-electron chi connectivity index (χ2n) is 6.48. The lowest BCUT2D eigenvalue weighted by Crippen LogP contribution is -2.36. The van der Waals surface area contributed by atoms with Crippen LogP contribution in [0, 0.1) is 5.92 Å². The molecule has 1 amide bonds. The first-order chi connectivity index (χ1) is 11.6. The quantitative estimate of drug-likeness (QED) is 0.772. The number of nitrogens with zero attached hydrogens (tertiary/aromatic N) is 3. The molecule has 0 bridgehead atoms. The Kier molecular flexibility index (Phi) is 8.98. The van der Waals surface area contributed by atoms with Crippen LogP contribution in [0.1, 0.15) is 45.0 Å². The summed E-state index contributed by atoms with van der Waals surface area (Å²) in [5.74, 6) is 1.06. The van der Waals surface area contributed by atoms with E-state index in [1.807, 2.05) is 26.0 Å². The van der Waals surface area contributed by atoms with Gasteiger partial charge in [0.25, 0.3) is 0 Å². The highest BCUT2D eigenvalue weighted by Gasteiger charge is 2.26. The molecule has 2 aromatic heterocycles. The first-order valence-corrected chi connectivity index (χ1v) is 8.40. The van der Waals surface area contributed by atoms with Gasteiger partial charge in [-0.1, -0.05) is 19.0 Å². The van der Waals surface area contributed by atoms with Crippen molar-refractivity contribution in [3.63, 3.8) is 0 Å². The zero-order chi connectivity index (χ0) is 16.9. The summed E-state index contributed by atoms with van der Waals surface area (Å²) >= 11 is 0. The molecule has 0 spiro atoms. The SMILES string of the molecule is CC(C)C(NC(=O)CC1CCCN1)c1nc(-c2cccnc2)no1.Cl.Cl. The van der Waals surface area contributed by atoms with Gasteiger partial charge in [-0.3, -0.25) is 9.78 Å². The molecule has 26 heavy (non-hydrogen) atoms. The van der Waals surface area contributed by atoms with Crippen molar-refractivity contribution in [1.29, 1.82) is 0 Å². The fraction of sp³-hybridized carbons (Fsp3) is 0.529. The highest BCUT2D eigenvalue weighted by molar-refractivity contribution is 5.85. The molecule has 2 unspecified atom stereocenters. The summed E-state index contributed by atoms with van der Waals surface area (Å²) in [6.45, 7) is 5.03. The molecule has 0 aliphatic carbocycles. The molecule has 1 saturated heterocycles. The van der Waals surface area contributed by atoms with Gasteiger partial charge in [-0.25, -0.2) is 0 Å². The Bertz CT molecular complexity index is 675. The van der Waals surface area contributed by atoms with Gasteiger partial charge in [-0.05, 0) is 37.4 Å². The Morgan fingerprint density at radius 3 is 2.85 bits per heavy atom. The van der Waals surface area contributed by atoms with Gasteiger partial charge in [0.2, 0.25) is 17.6 Å². The van der Waals surface area contributed by atoms with Crippen LogP contribution < -0.4 is 10.6 Å². The third-order valence-electron chi connectivity index (χ3n) is 4.20. The van der Waals surface area contributed by atoms with Crippen LogP contribution in [0.3, 0.4) is 0 Å². The Hall–Kier alpha value is -1.70. The van der Waals surface area contributed by atoms with Crippen molar-refractivity contribution in [2.75, 3.05) is 6.54 Å². The Labute approximate surface area is 165 Å². The molecule has 1 aliphatic heterocycles. The van der Waals surface area contributed by atoms with E-state index in [1.54, 1.807) is 12.4 Å². The predicted octanol–water partition coefficient (Wildman–Crippen LogP) is 2.93. The van der Waals surface area contributed by atoms with Crippen LogP contribution in [0.4, 0.5) is 0 Å². The molecular weight excluding hydrogens is 377 g/mol. The number of hydrogen-bond donors (Lipinski definition) is 2. The minimum Gasteiger partial charge on any atom is -0.344 e. The van der Waals surface area contributed by atoms with Crippen molar-refractivity contribution in [1.82, 2.24) is 25.8 Å². The summed E-state index contributed by atoms with van der Waals surface area (Å²) in [5.41, 5.74) is 0.788. The van der Waals surface area contributed by atoms with Crippen LogP contribution >= 0.6 is 24.8 Å². The molecule has 2 aromatic rings. The van der Waals surface area contributed by atoms with E-state index in [0.29, 0.717) is 18.1 Å². The predicted molar refractivity (Wildman–Crippen MR) is 103 cm³/mol. The zero-order valence-electron chi connectivity index (χ0n) is 14.8. The normalized spacial score (nSPS) is 17.3. The number of carbonyl (C=O) groups is 1. The standard InChI is InChI=1S/C17H23N5O2.2ClH/c1-11(2)15(20-14(23)9-13-6-4-8-19-13)17-21-16(22-24-17)12-5-3-7-18-10-12;;/h3,5,7,10-11,13,15,19H,4,6,8-9H2,1-2H3,(H,20,23);2*1H. The van der Waals surface area contributed by atoms with Crippen LogP contribution in [-0.2, 0) is 4.79 Å². The second-order valence-corrected chi connectivity index (χ2v) is 6.48. The van der Waals surface area contributed by atoms with Crippen LogP contribution in [0.15, 0.2) is 29.0 Å². The van der Waals surface area contributed by atoms with Crippen molar-refractivity contribution in [2.45, 2.75) is 45.2 Å². The molecule has 1 fully saturated rings. The molecule has 0 radical (unpaired) electrons. The summed E-state index contributed by atoms with van der Waals surface area (Å²) in [6, 6.07) is 3.67. The van der Waals surface area contributed by atoms with Gasteiger partial charge in [0.15, 0.2) is 0 Å². The molecule has 0 aromatic carbocycles. The summed E-state index contributed by atoms with van der Waals surface area (Å²) in [7, 11) is 0. The minimum atomic E-state index is -0.295. The molecular formula is C17H25Cl2N5O2. The fourth-order valence-electron chi connectivity index (χ4n) is 2.87. The monoisotopic (exact) mass is 401 g/mol. The molecule has 7 nitrogen and oxygen atoms in total. The molecule has 0 saturated carbocycles. The van der Waals surface area contributed by atoms with Gasteiger partial charge in [0, 0.05) is 30.4 Å². The van der Waals surface area contributed by atoms with Gasteiger partial charge in [0.05, 0.1) is 0 Å². The fourth-order valence-corrected chi connectivity index (χ4v) is 2.87. The Morgan fingerprint density at radius 1 is 1.42 bits per heavy atom. The maximum atomic E-state index is 12.3. The maximum absolute atomic E-state index is 12.3. The van der Waals surface area contributed by atoms with Gasteiger partial charge in [0.1, 0.15) is 6.04 Å². The van der Waals surface area contributed by atoms with Gasteiger partial charge < -0.3 is 15.2 Å². The van der Waals surface area contributed by atoms with E-state index in [0.717, 1.165) is 24.9 Å². The van der Waals surface area contributed by atoms with Crippen molar-refractivity contribution in [2.24, 2.45) is 5.92 Å². The minimum absolute atomic E-state index is 0. The third-order valence-corrected chi connectivity index (χ3v) is 4.20. The van der Waals surface area contributed by atoms with Crippen molar-refractivity contribution in [3.05, 3.63) is 30.4 Å². The number of carbonyl (C=O) groups excluding carboxylic acids is 1. The van der Waals surface area contributed by atoms with Crippen molar-refractivity contribution in [3.8, 4) is 11.4 Å². The van der Waals surface area contributed by atoms with Gasteiger partial charge >= 0.3 is 0 Å². The second kappa shape index (κ2) is 10.4. The van der Waals surface area contributed by atoms with E-state index < -0.39 is 0 Å². The summed E-state index contributed by atoms with van der Waals surface area (Å²) in [5, 5.41) is 10.4. The average Bonchev–Trinajstić information content (AvgIpc) is 3.25. The number of nitrogens with one attached hydrogen (secondary N) is 2. The molecule has 2 atom stereocenters. The summed E-state index contributed by atoms with van der Waals surface area (Å²) < 4.78 is 5.39. The van der Waals surface area contributed by atoms with E-state index in [9.17, 15) is 4.79 Å². The molecule has 2 N–H and O–H groups in total. The Morgan fingerprint density at radius 2 is 2.23 bits per heavy atom. The van der Waals surface area contributed by atoms with Crippen LogP contribution in [-0.4, -0.2) is 33.6 Å². The van der Waals surface area contributed by atoms with E-state index in [2.05, 4.69) is 25.8 Å². The van der Waals surface area contributed by atoms with E-state index in [4.69, 9.17) is 4.52 Å². The first-order valence-electron chi connectivity index (χ1n) is 8.40. The topological polar surface area (TPSA) is 92.9 Å². The van der Waals surface area contributed by atoms with Crippen LogP contribution in [0.5, 0.6) is 0 Å². The molecule has 9 heteroatoms. The lowest BCUT2D eigenvalue weighted by atomic mass is 10.0. The molecule has 3 rings (SSSR count). The lowest BCUT2D eigenvalue weighted by molar-refractivity contribution is -0.122. The first kappa shape index (κ1) is 22.3. The summed E-state index contributed by atoms with van der Waals surface area (Å²) in [6.07, 6.45) is 6.03. The van der Waals surface area contributed by atoms with Gasteiger partial charge in [-0.15, -0.1) is 24.8 Å². The van der Waals surface area contributed by atoms with E-state index in [-0.39, 0.29) is 48.7 Å². The highest BCUT2D eigenvalue weighted by Crippen LogP contribution is 2.23. The van der Waals surface area contributed by atoms with Crippen molar-refractivity contribution >= 4 is 30.7 Å². The molecule has 3 heterocycles. The van der Waals surface area contributed by atoms with Crippen LogP contribution in [0.2, 0.25) is 0 Å². The van der Waals surface area contributed by atoms with E-state index >= 15 is 0 Å². The zero-order valence-corrected chi connectivity index (χ0v) is 16.5. The smallest absolute Gasteiger partial charge is 0.249 e.